The number of H-pyrrole nitrogens is 2. The molecule has 1 aromatic heterocycles. The predicted octanol–water partition coefficient (Wildman–Crippen LogP) is 4.53. The number of aromatic amines is 2. The van der Waals surface area contributed by atoms with E-state index in [1.54, 1.807) is 6.07 Å². The van der Waals surface area contributed by atoms with Gasteiger partial charge in [0.1, 0.15) is 0 Å². The molecular formula is C11H10Cl2N2S. The van der Waals surface area contributed by atoms with Gasteiger partial charge in [-0.25, -0.2) is 0 Å². The quantitative estimate of drug-likeness (QED) is 0.774. The van der Waals surface area contributed by atoms with Crippen molar-refractivity contribution in [2.24, 2.45) is 0 Å². The summed E-state index contributed by atoms with van der Waals surface area (Å²) < 4.78 is 0.611. The van der Waals surface area contributed by atoms with Crippen LogP contribution in [0.15, 0.2) is 24.4 Å². The van der Waals surface area contributed by atoms with Crippen molar-refractivity contribution in [3.63, 3.8) is 0 Å². The third-order valence-electron chi connectivity index (χ3n) is 2.53. The lowest BCUT2D eigenvalue weighted by Crippen LogP contribution is -1.97. The molecule has 1 heterocycles. The first-order chi connectivity index (χ1) is 7.59. The summed E-state index contributed by atoms with van der Waals surface area (Å²) in [5.41, 5.74) is 1.98. The normalized spacial score (nSPS) is 12.7. The van der Waals surface area contributed by atoms with E-state index in [4.69, 9.17) is 35.4 Å². The Kier molecular flexibility index (Phi) is 3.38. The molecule has 1 unspecified atom stereocenters. The maximum absolute atomic E-state index is 6.16. The van der Waals surface area contributed by atoms with E-state index >= 15 is 0 Å². The molecule has 0 aliphatic rings. The molecule has 1 aromatic carbocycles. The molecule has 2 rings (SSSR count). The van der Waals surface area contributed by atoms with Crippen LogP contribution in [0.3, 0.4) is 0 Å². The number of rotatable bonds is 2. The number of hydrogen-bond donors (Lipinski definition) is 2. The summed E-state index contributed by atoms with van der Waals surface area (Å²) in [6.45, 7) is 2.05. The molecule has 84 valence electrons. The molecular weight excluding hydrogens is 263 g/mol. The highest BCUT2D eigenvalue weighted by Crippen LogP contribution is 2.33. The van der Waals surface area contributed by atoms with Crippen molar-refractivity contribution in [2.45, 2.75) is 12.8 Å². The summed E-state index contributed by atoms with van der Waals surface area (Å²) in [7, 11) is 0. The van der Waals surface area contributed by atoms with Crippen LogP contribution in [-0.2, 0) is 0 Å². The van der Waals surface area contributed by atoms with Crippen molar-refractivity contribution >= 4 is 35.4 Å². The Bertz CT molecular complexity index is 559. The Morgan fingerprint density at radius 3 is 2.69 bits per heavy atom. The van der Waals surface area contributed by atoms with E-state index < -0.39 is 0 Å². The van der Waals surface area contributed by atoms with Crippen LogP contribution in [0.1, 0.15) is 24.1 Å². The van der Waals surface area contributed by atoms with Gasteiger partial charge in [0.25, 0.3) is 0 Å². The molecule has 2 N–H and O–H groups in total. The topological polar surface area (TPSA) is 31.6 Å². The van der Waals surface area contributed by atoms with Crippen molar-refractivity contribution in [2.75, 3.05) is 0 Å². The van der Waals surface area contributed by atoms with Crippen LogP contribution in [0, 0.1) is 4.77 Å². The fourth-order valence-electron chi connectivity index (χ4n) is 1.60. The third kappa shape index (κ3) is 2.17. The van der Waals surface area contributed by atoms with Crippen molar-refractivity contribution < 1.29 is 0 Å². The monoisotopic (exact) mass is 272 g/mol. The molecule has 2 nitrogen and oxygen atoms in total. The SMILES string of the molecule is CC(c1c[nH]c(=S)[nH]1)c1cccc(Cl)c1Cl. The lowest BCUT2D eigenvalue weighted by atomic mass is 9.98. The zero-order chi connectivity index (χ0) is 11.7. The maximum atomic E-state index is 6.16. The van der Waals surface area contributed by atoms with Gasteiger partial charge in [0.05, 0.1) is 10.0 Å². The molecule has 0 radical (unpaired) electrons. The highest BCUT2D eigenvalue weighted by molar-refractivity contribution is 7.71. The summed E-state index contributed by atoms with van der Waals surface area (Å²) in [6.07, 6.45) is 1.85. The fourth-order valence-corrected chi connectivity index (χ4v) is 2.25. The predicted molar refractivity (Wildman–Crippen MR) is 70.0 cm³/mol. The Labute approximate surface area is 109 Å². The maximum Gasteiger partial charge on any atom is 0.174 e. The Hall–Kier alpha value is -0.770. The second-order valence-electron chi connectivity index (χ2n) is 3.56. The number of nitrogens with one attached hydrogen (secondary N) is 2. The average molecular weight is 273 g/mol. The number of imidazole rings is 1. The molecule has 0 saturated carbocycles. The van der Waals surface area contributed by atoms with E-state index in [9.17, 15) is 0 Å². The van der Waals surface area contributed by atoms with Crippen molar-refractivity contribution in [3.8, 4) is 0 Å². The van der Waals surface area contributed by atoms with Gasteiger partial charge in [-0.3, -0.25) is 0 Å². The zero-order valence-corrected chi connectivity index (χ0v) is 10.9. The smallest absolute Gasteiger partial charge is 0.174 e. The van der Waals surface area contributed by atoms with E-state index in [0.29, 0.717) is 14.8 Å². The molecule has 0 fully saturated rings. The minimum Gasteiger partial charge on any atom is -0.337 e. The molecule has 0 saturated heterocycles. The van der Waals surface area contributed by atoms with Gasteiger partial charge in [-0.15, -0.1) is 0 Å². The van der Waals surface area contributed by atoms with Crippen LogP contribution in [0.4, 0.5) is 0 Å². The van der Waals surface area contributed by atoms with Crippen molar-refractivity contribution in [1.29, 1.82) is 0 Å². The number of halogens is 2. The Morgan fingerprint density at radius 2 is 2.06 bits per heavy atom. The second-order valence-corrected chi connectivity index (χ2v) is 4.76. The van der Waals surface area contributed by atoms with Crippen LogP contribution < -0.4 is 0 Å². The summed E-state index contributed by atoms with van der Waals surface area (Å²) in [5.74, 6) is 0.124. The standard InChI is InChI=1S/C11H10Cl2N2S/c1-6(9-5-14-11(16)15-9)7-3-2-4-8(12)10(7)13/h2-6H,1H3,(H2,14,15,16). The summed E-state index contributed by atoms with van der Waals surface area (Å²) in [4.78, 5) is 6.02. The first-order valence-electron chi connectivity index (χ1n) is 4.81. The van der Waals surface area contributed by atoms with Gasteiger partial charge in [0, 0.05) is 17.8 Å². The number of aromatic nitrogens is 2. The molecule has 0 spiro atoms. The van der Waals surface area contributed by atoms with Crippen LogP contribution in [0.5, 0.6) is 0 Å². The largest absolute Gasteiger partial charge is 0.337 e. The van der Waals surface area contributed by atoms with Crippen LogP contribution in [-0.4, -0.2) is 9.97 Å². The Morgan fingerprint density at radius 1 is 1.31 bits per heavy atom. The summed E-state index contributed by atoms with van der Waals surface area (Å²) >= 11 is 17.1. The fraction of sp³-hybridized carbons (Fsp3) is 0.182. The minimum atomic E-state index is 0.124. The molecule has 0 aliphatic heterocycles. The molecule has 0 aliphatic carbocycles. The number of hydrogen-bond acceptors (Lipinski definition) is 1. The van der Waals surface area contributed by atoms with Crippen LogP contribution in [0.25, 0.3) is 0 Å². The van der Waals surface area contributed by atoms with Crippen molar-refractivity contribution in [1.82, 2.24) is 9.97 Å². The molecule has 2 aromatic rings. The van der Waals surface area contributed by atoms with Crippen LogP contribution >= 0.6 is 35.4 Å². The zero-order valence-electron chi connectivity index (χ0n) is 8.55. The lowest BCUT2D eigenvalue weighted by molar-refractivity contribution is 0.882. The average Bonchev–Trinajstić information content (AvgIpc) is 2.68. The molecule has 5 heteroatoms. The van der Waals surface area contributed by atoms with Gasteiger partial charge in [0.15, 0.2) is 4.77 Å². The van der Waals surface area contributed by atoms with Gasteiger partial charge in [-0.05, 0) is 23.8 Å². The van der Waals surface area contributed by atoms with E-state index in [1.807, 2.05) is 25.3 Å². The first kappa shape index (κ1) is 11.7. The van der Waals surface area contributed by atoms with Gasteiger partial charge >= 0.3 is 0 Å². The minimum absolute atomic E-state index is 0.124. The van der Waals surface area contributed by atoms with Gasteiger partial charge < -0.3 is 9.97 Å². The van der Waals surface area contributed by atoms with Crippen LogP contribution in [0.2, 0.25) is 10.0 Å². The highest BCUT2D eigenvalue weighted by Gasteiger charge is 2.14. The van der Waals surface area contributed by atoms with E-state index in [0.717, 1.165) is 11.3 Å². The van der Waals surface area contributed by atoms with E-state index in [2.05, 4.69) is 9.97 Å². The summed E-state index contributed by atoms with van der Waals surface area (Å²) in [5, 5.41) is 1.16. The first-order valence-corrected chi connectivity index (χ1v) is 5.97. The molecule has 1 atom stereocenters. The molecule has 0 amide bonds. The Balaban J connectivity index is 2.45. The van der Waals surface area contributed by atoms with E-state index in [-0.39, 0.29) is 5.92 Å². The molecule has 16 heavy (non-hydrogen) atoms. The number of benzene rings is 1. The third-order valence-corrected chi connectivity index (χ3v) is 3.58. The van der Waals surface area contributed by atoms with Gasteiger partial charge in [0.2, 0.25) is 0 Å². The highest BCUT2D eigenvalue weighted by atomic mass is 35.5. The summed E-state index contributed by atoms with van der Waals surface area (Å²) in [6, 6.07) is 5.63. The van der Waals surface area contributed by atoms with Gasteiger partial charge in [-0.2, -0.15) is 0 Å². The molecule has 0 bridgehead atoms. The van der Waals surface area contributed by atoms with Crippen molar-refractivity contribution in [3.05, 3.63) is 50.5 Å². The second kappa shape index (κ2) is 4.62. The van der Waals surface area contributed by atoms with Gasteiger partial charge in [-0.1, -0.05) is 42.3 Å². The van der Waals surface area contributed by atoms with E-state index in [1.165, 1.54) is 0 Å². The lowest BCUT2D eigenvalue weighted by Gasteiger charge is -2.12.